The summed E-state index contributed by atoms with van der Waals surface area (Å²) in [7, 11) is 1.70. The highest BCUT2D eigenvalue weighted by atomic mass is 16.5. The number of rotatable bonds is 6. The summed E-state index contributed by atoms with van der Waals surface area (Å²) in [6.45, 7) is 3.62. The summed E-state index contributed by atoms with van der Waals surface area (Å²) in [6, 6.07) is 15.2. The molecule has 0 unspecified atom stereocenters. The fraction of sp³-hybridized carbons (Fsp3) is 0.304. The van der Waals surface area contributed by atoms with E-state index in [2.05, 4.69) is 10.1 Å². The number of carbonyl (C=O) groups is 2. The van der Waals surface area contributed by atoms with Crippen LogP contribution in [0.15, 0.2) is 53.1 Å². The number of aryl methyl sites for hydroxylation is 1. The Morgan fingerprint density at radius 1 is 1.20 bits per heavy atom. The number of benzene rings is 2. The molecule has 1 saturated heterocycles. The molecular weight excluding hydrogens is 380 g/mol. The zero-order valence-corrected chi connectivity index (χ0v) is 17.2. The lowest BCUT2D eigenvalue weighted by atomic mass is 10.1. The van der Waals surface area contributed by atoms with Crippen molar-refractivity contribution in [2.45, 2.75) is 32.9 Å². The van der Waals surface area contributed by atoms with E-state index in [4.69, 9.17) is 4.52 Å². The van der Waals surface area contributed by atoms with Gasteiger partial charge in [-0.15, -0.1) is 0 Å². The molecule has 2 heterocycles. The van der Waals surface area contributed by atoms with Crippen molar-refractivity contribution in [2.24, 2.45) is 0 Å². The lowest BCUT2D eigenvalue weighted by Gasteiger charge is -2.17. The molecule has 0 spiro atoms. The Hall–Kier alpha value is -3.48. The Bertz CT molecular complexity index is 1060. The maximum atomic E-state index is 12.7. The largest absolute Gasteiger partial charge is 0.338 e. The van der Waals surface area contributed by atoms with Crippen LogP contribution in [0.2, 0.25) is 0 Å². The van der Waals surface area contributed by atoms with E-state index < -0.39 is 0 Å². The van der Waals surface area contributed by atoms with Gasteiger partial charge in [0.15, 0.2) is 0 Å². The molecule has 3 aromatic rings. The quantitative estimate of drug-likeness (QED) is 0.629. The van der Waals surface area contributed by atoms with Crippen molar-refractivity contribution in [1.82, 2.24) is 19.9 Å². The Morgan fingerprint density at radius 2 is 2.00 bits per heavy atom. The lowest BCUT2D eigenvalue weighted by Crippen LogP contribution is -2.26. The van der Waals surface area contributed by atoms with Crippen LogP contribution < -0.4 is 0 Å². The molecule has 7 nitrogen and oxygen atoms in total. The molecule has 1 aromatic heterocycles. The number of nitrogens with zero attached hydrogens (tertiary/aromatic N) is 4. The van der Waals surface area contributed by atoms with Gasteiger partial charge in [0.1, 0.15) is 0 Å². The second kappa shape index (κ2) is 8.49. The molecule has 154 valence electrons. The second-order valence-corrected chi connectivity index (χ2v) is 7.66. The molecule has 0 bridgehead atoms. The molecule has 4 rings (SSSR count). The number of likely N-dealkylation sites (tertiary alicyclic amines) is 1. The van der Waals surface area contributed by atoms with Crippen molar-refractivity contribution < 1.29 is 14.1 Å². The van der Waals surface area contributed by atoms with Crippen molar-refractivity contribution in [3.05, 3.63) is 71.1 Å². The minimum atomic E-state index is -0.130. The van der Waals surface area contributed by atoms with Gasteiger partial charge in [-0.3, -0.25) is 9.59 Å². The predicted octanol–water partition coefficient (Wildman–Crippen LogP) is 3.44. The molecule has 1 aliphatic rings. The minimum absolute atomic E-state index is 0.130. The van der Waals surface area contributed by atoms with E-state index in [1.807, 2.05) is 48.2 Å². The number of hydrogen-bond donors (Lipinski definition) is 0. The highest BCUT2D eigenvalue weighted by Crippen LogP contribution is 2.18. The third-order valence-corrected chi connectivity index (χ3v) is 5.21. The van der Waals surface area contributed by atoms with E-state index in [1.54, 1.807) is 24.1 Å². The molecule has 0 radical (unpaired) electrons. The first kappa shape index (κ1) is 19.8. The van der Waals surface area contributed by atoms with Crippen LogP contribution in [0.25, 0.3) is 11.4 Å². The number of aromatic nitrogens is 2. The van der Waals surface area contributed by atoms with Crippen LogP contribution in [0, 0.1) is 6.92 Å². The van der Waals surface area contributed by atoms with Gasteiger partial charge >= 0.3 is 0 Å². The van der Waals surface area contributed by atoms with E-state index in [0.717, 1.165) is 29.7 Å². The van der Waals surface area contributed by atoms with E-state index in [9.17, 15) is 9.59 Å². The van der Waals surface area contributed by atoms with E-state index in [0.29, 0.717) is 30.2 Å². The van der Waals surface area contributed by atoms with Gasteiger partial charge in [0, 0.05) is 37.7 Å². The first-order valence-electron chi connectivity index (χ1n) is 10.0. The fourth-order valence-electron chi connectivity index (χ4n) is 3.56. The van der Waals surface area contributed by atoms with Gasteiger partial charge in [0.2, 0.25) is 17.6 Å². The molecule has 0 saturated carbocycles. The second-order valence-electron chi connectivity index (χ2n) is 7.66. The minimum Gasteiger partial charge on any atom is -0.338 e. The summed E-state index contributed by atoms with van der Waals surface area (Å²) in [5, 5.41) is 4.02. The Balaban J connectivity index is 1.38. The number of carbonyl (C=O) groups excluding carboxylic acids is 2. The van der Waals surface area contributed by atoms with Gasteiger partial charge in [-0.2, -0.15) is 4.98 Å². The smallest absolute Gasteiger partial charge is 0.254 e. The summed E-state index contributed by atoms with van der Waals surface area (Å²) >= 11 is 0. The molecule has 1 aliphatic heterocycles. The summed E-state index contributed by atoms with van der Waals surface area (Å²) in [6.07, 6.45) is 1.55. The Labute approximate surface area is 175 Å². The zero-order chi connectivity index (χ0) is 21.1. The summed E-state index contributed by atoms with van der Waals surface area (Å²) in [4.78, 5) is 32.3. The molecule has 0 N–H and O–H groups in total. The molecule has 30 heavy (non-hydrogen) atoms. The average Bonchev–Trinajstić information content (AvgIpc) is 3.37. The van der Waals surface area contributed by atoms with Crippen molar-refractivity contribution in [2.75, 3.05) is 13.6 Å². The monoisotopic (exact) mass is 404 g/mol. The Kier molecular flexibility index (Phi) is 5.61. The summed E-state index contributed by atoms with van der Waals surface area (Å²) in [5.74, 6) is 0.954. The van der Waals surface area contributed by atoms with Gasteiger partial charge in [-0.25, -0.2) is 0 Å². The summed E-state index contributed by atoms with van der Waals surface area (Å²) in [5.41, 5.74) is 3.59. The van der Waals surface area contributed by atoms with Crippen LogP contribution in [-0.2, 0) is 17.9 Å². The maximum absolute atomic E-state index is 12.7. The highest BCUT2D eigenvalue weighted by molar-refractivity contribution is 5.94. The molecule has 0 atom stereocenters. The van der Waals surface area contributed by atoms with Crippen LogP contribution in [0.1, 0.15) is 40.2 Å². The molecule has 0 aliphatic carbocycles. The van der Waals surface area contributed by atoms with Crippen molar-refractivity contribution in [3.63, 3.8) is 0 Å². The van der Waals surface area contributed by atoms with Gasteiger partial charge in [-0.05, 0) is 37.1 Å². The SMILES string of the molecule is Cc1cccc(-c2noc(CN(C)C(=O)c3ccc(CN4CCCC4=O)cc3)n2)c1. The molecule has 2 amide bonds. The predicted molar refractivity (Wildman–Crippen MR) is 111 cm³/mol. The van der Waals surface area contributed by atoms with Crippen LogP contribution >= 0.6 is 0 Å². The van der Waals surface area contributed by atoms with Gasteiger partial charge in [-0.1, -0.05) is 41.1 Å². The van der Waals surface area contributed by atoms with E-state index in [1.165, 1.54) is 0 Å². The fourth-order valence-corrected chi connectivity index (χ4v) is 3.56. The Morgan fingerprint density at radius 3 is 2.70 bits per heavy atom. The molecule has 2 aromatic carbocycles. The van der Waals surface area contributed by atoms with Crippen molar-refractivity contribution in [1.29, 1.82) is 0 Å². The maximum Gasteiger partial charge on any atom is 0.254 e. The van der Waals surface area contributed by atoms with Crippen LogP contribution in [0.5, 0.6) is 0 Å². The summed E-state index contributed by atoms with van der Waals surface area (Å²) < 4.78 is 5.33. The van der Waals surface area contributed by atoms with Crippen molar-refractivity contribution in [3.8, 4) is 11.4 Å². The standard InChI is InChI=1S/C23H24N4O3/c1-16-5-3-6-19(13-16)22-24-20(30-25-22)15-26(2)23(29)18-10-8-17(9-11-18)14-27-12-4-7-21(27)28/h3,5-6,8-11,13H,4,7,12,14-15H2,1-2H3. The molecular formula is C23H24N4O3. The average molecular weight is 404 g/mol. The first-order chi connectivity index (χ1) is 14.5. The number of hydrogen-bond acceptors (Lipinski definition) is 5. The van der Waals surface area contributed by atoms with Crippen LogP contribution in [0.4, 0.5) is 0 Å². The molecule has 1 fully saturated rings. The normalized spacial score (nSPS) is 13.7. The number of amides is 2. The van der Waals surface area contributed by atoms with E-state index in [-0.39, 0.29) is 18.4 Å². The lowest BCUT2D eigenvalue weighted by molar-refractivity contribution is -0.128. The topological polar surface area (TPSA) is 79.5 Å². The van der Waals surface area contributed by atoms with Crippen molar-refractivity contribution >= 4 is 11.8 Å². The van der Waals surface area contributed by atoms with Crippen LogP contribution in [-0.4, -0.2) is 45.3 Å². The first-order valence-corrected chi connectivity index (χ1v) is 10.0. The zero-order valence-electron chi connectivity index (χ0n) is 17.2. The van der Waals surface area contributed by atoms with Gasteiger partial charge in [0.05, 0.1) is 6.54 Å². The third-order valence-electron chi connectivity index (χ3n) is 5.21. The van der Waals surface area contributed by atoms with E-state index >= 15 is 0 Å². The third kappa shape index (κ3) is 4.40. The van der Waals surface area contributed by atoms with Gasteiger partial charge in [0.25, 0.3) is 5.91 Å². The highest BCUT2D eigenvalue weighted by Gasteiger charge is 2.20. The van der Waals surface area contributed by atoms with Gasteiger partial charge < -0.3 is 14.3 Å². The molecule has 7 heteroatoms. The van der Waals surface area contributed by atoms with Crippen LogP contribution in [0.3, 0.4) is 0 Å².